The van der Waals surface area contributed by atoms with E-state index in [4.69, 9.17) is 4.74 Å². The van der Waals surface area contributed by atoms with Gasteiger partial charge in [0.15, 0.2) is 11.5 Å². The van der Waals surface area contributed by atoms with E-state index in [1.165, 1.54) is 16.8 Å². The number of ketones is 1. The van der Waals surface area contributed by atoms with Crippen LogP contribution in [0.4, 0.5) is 8.78 Å². The van der Waals surface area contributed by atoms with Gasteiger partial charge in [0.25, 0.3) is 5.91 Å². The van der Waals surface area contributed by atoms with Crippen LogP contribution >= 0.6 is 0 Å². The summed E-state index contributed by atoms with van der Waals surface area (Å²) in [7, 11) is 0. The minimum Gasteiger partial charge on any atom is -0.503 e. The summed E-state index contributed by atoms with van der Waals surface area (Å²) in [6.45, 7) is 3.83. The largest absolute Gasteiger partial charge is 0.503 e. The molecule has 1 fully saturated rings. The molecule has 0 spiro atoms. The maximum absolute atomic E-state index is 13.8. The van der Waals surface area contributed by atoms with Crippen molar-refractivity contribution in [2.45, 2.75) is 26.4 Å². The number of carbonyl (C=O) groups excluding carboxylic acids is 2. The summed E-state index contributed by atoms with van der Waals surface area (Å²) in [6, 6.07) is 2.61. The summed E-state index contributed by atoms with van der Waals surface area (Å²) in [6.07, 6.45) is 1.24. The van der Waals surface area contributed by atoms with Crippen molar-refractivity contribution in [1.82, 2.24) is 9.88 Å². The molecule has 0 radical (unpaired) electrons. The second kappa shape index (κ2) is 7.02. The number of benzene rings is 1. The fraction of sp³-hybridized carbons (Fsp3) is 0.381. The number of halogens is 2. The molecule has 1 aromatic heterocycles. The first kappa shape index (κ1) is 20.2. The van der Waals surface area contributed by atoms with E-state index >= 15 is 0 Å². The van der Waals surface area contributed by atoms with E-state index < -0.39 is 39.9 Å². The van der Waals surface area contributed by atoms with Crippen LogP contribution in [0.5, 0.6) is 5.75 Å². The Hall–Kier alpha value is -3.07. The van der Waals surface area contributed by atoms with Crippen LogP contribution < -0.4 is 10.7 Å². The summed E-state index contributed by atoms with van der Waals surface area (Å²) >= 11 is 0. The second-order valence-corrected chi connectivity index (χ2v) is 8.16. The van der Waals surface area contributed by atoms with Crippen molar-refractivity contribution in [3.05, 3.63) is 63.1 Å². The fourth-order valence-corrected chi connectivity index (χ4v) is 4.18. The summed E-state index contributed by atoms with van der Waals surface area (Å²) < 4.78 is 33.8. The Labute approximate surface area is 170 Å². The lowest BCUT2D eigenvalue weighted by Gasteiger charge is -2.40. The van der Waals surface area contributed by atoms with E-state index in [1.54, 1.807) is 13.8 Å². The Balaban J connectivity index is 1.70. The number of pyridine rings is 1. The average Bonchev–Trinajstić information content (AvgIpc) is 3.18. The Morgan fingerprint density at radius 1 is 1.30 bits per heavy atom. The normalized spacial score (nSPS) is 21.8. The first-order chi connectivity index (χ1) is 14.1. The third-order valence-electron chi connectivity index (χ3n) is 6.04. The number of rotatable bonds is 3. The number of aromatic hydroxyl groups is 1. The van der Waals surface area contributed by atoms with Crippen molar-refractivity contribution in [3.63, 3.8) is 0 Å². The highest BCUT2D eigenvalue weighted by molar-refractivity contribution is 6.03. The molecule has 2 N–H and O–H groups in total. The van der Waals surface area contributed by atoms with Crippen LogP contribution in [0.3, 0.4) is 0 Å². The zero-order valence-electron chi connectivity index (χ0n) is 16.4. The second-order valence-electron chi connectivity index (χ2n) is 8.16. The molecule has 7 nitrogen and oxygen atoms in total. The van der Waals surface area contributed by atoms with Crippen LogP contribution in [0.2, 0.25) is 0 Å². The summed E-state index contributed by atoms with van der Waals surface area (Å²) in [5.74, 6) is -3.80. The maximum atomic E-state index is 13.8. The number of nitrogens with zero attached hydrogens (tertiary/aromatic N) is 1. The van der Waals surface area contributed by atoms with Gasteiger partial charge in [-0.25, -0.2) is 8.78 Å². The number of hydrogen-bond donors (Lipinski definition) is 2. The minimum atomic E-state index is -0.986. The topological polar surface area (TPSA) is 97.6 Å². The molecular formula is C21H20F2N2O5. The molecule has 0 bridgehead atoms. The SMILES string of the molecule is CC1(C)C(=O)c2c(O)c(=O)c(C(=O)NCc3ccc(F)cc3F)cn2[C@H]2COC[C@H]21. The predicted octanol–water partition coefficient (Wildman–Crippen LogP) is 2.17. The van der Waals surface area contributed by atoms with Crippen molar-refractivity contribution in [2.24, 2.45) is 11.3 Å². The fourth-order valence-electron chi connectivity index (χ4n) is 4.18. The van der Waals surface area contributed by atoms with Gasteiger partial charge in [-0.2, -0.15) is 0 Å². The lowest BCUT2D eigenvalue weighted by molar-refractivity contribution is 0.0606. The van der Waals surface area contributed by atoms with Gasteiger partial charge in [0.05, 0.1) is 19.3 Å². The van der Waals surface area contributed by atoms with Gasteiger partial charge in [-0.15, -0.1) is 0 Å². The molecule has 2 aromatic rings. The molecule has 0 aliphatic carbocycles. The van der Waals surface area contributed by atoms with Crippen LogP contribution in [-0.4, -0.2) is 34.6 Å². The van der Waals surface area contributed by atoms with Crippen molar-refractivity contribution in [1.29, 1.82) is 0 Å². The lowest BCUT2D eigenvalue weighted by atomic mass is 9.69. The summed E-state index contributed by atoms with van der Waals surface area (Å²) in [4.78, 5) is 38.2. The van der Waals surface area contributed by atoms with E-state index in [0.29, 0.717) is 12.7 Å². The molecule has 9 heteroatoms. The van der Waals surface area contributed by atoms with Crippen molar-refractivity contribution in [3.8, 4) is 5.75 Å². The highest BCUT2D eigenvalue weighted by Crippen LogP contribution is 2.47. The van der Waals surface area contributed by atoms with E-state index in [9.17, 15) is 28.3 Å². The molecule has 1 saturated heterocycles. The van der Waals surface area contributed by atoms with E-state index in [2.05, 4.69) is 5.32 Å². The highest BCUT2D eigenvalue weighted by atomic mass is 19.1. The van der Waals surface area contributed by atoms with Crippen molar-refractivity contribution < 1.29 is 28.2 Å². The molecule has 158 valence electrons. The quantitative estimate of drug-likeness (QED) is 0.796. The number of fused-ring (bicyclic) bond motifs is 3. The number of amides is 1. The van der Waals surface area contributed by atoms with Gasteiger partial charge in [0, 0.05) is 35.7 Å². The summed E-state index contributed by atoms with van der Waals surface area (Å²) in [5.41, 5.74) is -2.31. The Kier molecular flexibility index (Phi) is 4.73. The van der Waals surface area contributed by atoms with Gasteiger partial charge in [-0.1, -0.05) is 19.9 Å². The molecule has 1 amide bonds. The monoisotopic (exact) mass is 418 g/mol. The zero-order valence-corrected chi connectivity index (χ0v) is 16.4. The van der Waals surface area contributed by atoms with Gasteiger partial charge in [-0.05, 0) is 6.07 Å². The van der Waals surface area contributed by atoms with Gasteiger partial charge >= 0.3 is 0 Å². The van der Waals surface area contributed by atoms with Crippen LogP contribution in [0.15, 0.2) is 29.2 Å². The standard InChI is InChI=1S/C21H20F2N2O5/c1-21(2)13-8-30-9-15(13)25-7-12(17(26)18(27)16(25)19(21)28)20(29)24-6-10-3-4-11(22)5-14(10)23/h3-5,7,13,15,27H,6,8-9H2,1-2H3,(H,24,29)/t13-,15+/m1/s1. The Morgan fingerprint density at radius 2 is 2.03 bits per heavy atom. The van der Waals surface area contributed by atoms with Gasteiger partial charge in [0.2, 0.25) is 5.43 Å². The average molecular weight is 418 g/mol. The Bertz CT molecular complexity index is 1130. The first-order valence-corrected chi connectivity index (χ1v) is 9.45. The van der Waals surface area contributed by atoms with Crippen molar-refractivity contribution >= 4 is 11.7 Å². The lowest BCUT2D eigenvalue weighted by Crippen LogP contribution is -2.46. The molecule has 0 saturated carbocycles. The maximum Gasteiger partial charge on any atom is 0.257 e. The van der Waals surface area contributed by atoms with Crippen LogP contribution in [0, 0.1) is 23.0 Å². The van der Waals surface area contributed by atoms with E-state index in [-0.39, 0.29) is 41.9 Å². The molecule has 0 unspecified atom stereocenters. The van der Waals surface area contributed by atoms with Gasteiger partial charge in [0.1, 0.15) is 22.9 Å². The van der Waals surface area contributed by atoms with Crippen LogP contribution in [0.1, 0.15) is 46.3 Å². The van der Waals surface area contributed by atoms with Crippen LogP contribution in [0.25, 0.3) is 0 Å². The number of carbonyl (C=O) groups is 2. The first-order valence-electron chi connectivity index (χ1n) is 9.45. The molecule has 30 heavy (non-hydrogen) atoms. The number of hydrogen-bond acceptors (Lipinski definition) is 5. The van der Waals surface area contributed by atoms with E-state index in [0.717, 1.165) is 6.07 Å². The number of nitrogens with one attached hydrogen (secondary N) is 1. The zero-order chi connectivity index (χ0) is 21.8. The third kappa shape index (κ3) is 3.00. The summed E-state index contributed by atoms with van der Waals surface area (Å²) in [5, 5.41) is 12.9. The van der Waals surface area contributed by atoms with Gasteiger partial charge in [-0.3, -0.25) is 14.4 Å². The highest BCUT2D eigenvalue weighted by Gasteiger charge is 2.51. The Morgan fingerprint density at radius 3 is 2.73 bits per heavy atom. The predicted molar refractivity (Wildman–Crippen MR) is 101 cm³/mol. The third-order valence-corrected chi connectivity index (χ3v) is 6.04. The molecule has 2 atom stereocenters. The number of aromatic nitrogens is 1. The smallest absolute Gasteiger partial charge is 0.257 e. The molecule has 3 heterocycles. The minimum absolute atomic E-state index is 0.0354. The van der Waals surface area contributed by atoms with Crippen molar-refractivity contribution in [2.75, 3.05) is 13.2 Å². The van der Waals surface area contributed by atoms with E-state index in [1.807, 2.05) is 0 Å². The molecule has 1 aromatic carbocycles. The van der Waals surface area contributed by atoms with Crippen LogP contribution in [-0.2, 0) is 11.3 Å². The molecule has 2 aliphatic rings. The number of ether oxygens (including phenoxy) is 1. The number of Topliss-reactive ketones (excluding diaryl/α,β-unsaturated/α-hetero) is 1. The molecular weight excluding hydrogens is 398 g/mol. The molecule has 2 aliphatic heterocycles. The van der Waals surface area contributed by atoms with Gasteiger partial charge < -0.3 is 19.7 Å². The molecule has 4 rings (SSSR count).